The topological polar surface area (TPSA) is 26.3 Å². The van der Waals surface area contributed by atoms with Gasteiger partial charge in [-0.2, -0.15) is 0 Å². The van der Waals surface area contributed by atoms with Crippen molar-refractivity contribution in [3.63, 3.8) is 0 Å². The second-order valence-corrected chi connectivity index (χ2v) is 5.96. The lowest BCUT2D eigenvalue weighted by Crippen LogP contribution is -2.14. The van der Waals surface area contributed by atoms with Crippen molar-refractivity contribution in [2.24, 2.45) is 0 Å². The highest BCUT2D eigenvalue weighted by molar-refractivity contribution is 9.10. The maximum absolute atomic E-state index is 13.4. The number of carbonyl (C=O) groups excluding carboxylic acids is 1. The first-order chi connectivity index (χ1) is 9.97. The summed E-state index contributed by atoms with van der Waals surface area (Å²) >= 11 is 15.1. The summed E-state index contributed by atoms with van der Waals surface area (Å²) in [6.07, 6.45) is -0.0332. The predicted octanol–water partition coefficient (Wildman–Crippen LogP) is 5.09. The Hall–Kier alpha value is -1.10. The minimum absolute atomic E-state index is 0.0332. The molecule has 0 saturated heterocycles. The highest BCUT2D eigenvalue weighted by atomic mass is 79.9. The van der Waals surface area contributed by atoms with Gasteiger partial charge in [0.05, 0.1) is 10.0 Å². The molecule has 0 spiro atoms. The molecule has 0 aliphatic rings. The normalized spacial score (nSPS) is 10.5. The van der Waals surface area contributed by atoms with Crippen LogP contribution in [0.3, 0.4) is 0 Å². The van der Waals surface area contributed by atoms with Crippen LogP contribution in [-0.2, 0) is 11.2 Å². The van der Waals surface area contributed by atoms with Gasteiger partial charge in [-0.3, -0.25) is 4.79 Å². The van der Waals surface area contributed by atoms with Crippen LogP contribution in [0.4, 0.5) is 4.39 Å². The number of hydrogen-bond acceptors (Lipinski definition) is 2. The SMILES string of the molecule is O=C(COc1cc(Cl)c(Br)cc1Cl)Cc1ccccc1F. The third-order valence-electron chi connectivity index (χ3n) is 2.71. The van der Waals surface area contributed by atoms with Crippen LogP contribution in [0.1, 0.15) is 5.56 Å². The predicted molar refractivity (Wildman–Crippen MR) is 84.8 cm³/mol. The lowest BCUT2D eigenvalue weighted by Gasteiger charge is -2.09. The van der Waals surface area contributed by atoms with E-state index >= 15 is 0 Å². The lowest BCUT2D eigenvalue weighted by atomic mass is 10.1. The number of carbonyl (C=O) groups is 1. The van der Waals surface area contributed by atoms with E-state index in [2.05, 4.69) is 15.9 Å². The molecule has 0 radical (unpaired) electrons. The van der Waals surface area contributed by atoms with Gasteiger partial charge in [0.25, 0.3) is 0 Å². The molecular formula is C15H10BrCl2FO2. The zero-order chi connectivity index (χ0) is 15.4. The summed E-state index contributed by atoms with van der Waals surface area (Å²) in [6.45, 7) is -0.202. The van der Waals surface area contributed by atoms with E-state index in [9.17, 15) is 9.18 Å². The van der Waals surface area contributed by atoms with Crippen molar-refractivity contribution in [2.45, 2.75) is 6.42 Å². The molecular weight excluding hydrogens is 382 g/mol. The Bertz CT molecular complexity index is 677. The van der Waals surface area contributed by atoms with Crippen molar-refractivity contribution >= 4 is 44.9 Å². The van der Waals surface area contributed by atoms with E-state index in [0.29, 0.717) is 25.8 Å². The van der Waals surface area contributed by atoms with Crippen LogP contribution in [0.2, 0.25) is 10.0 Å². The smallest absolute Gasteiger partial charge is 0.174 e. The fourth-order valence-electron chi connectivity index (χ4n) is 1.68. The van der Waals surface area contributed by atoms with E-state index in [1.165, 1.54) is 12.1 Å². The average molecular weight is 392 g/mol. The molecule has 0 saturated carbocycles. The Balaban J connectivity index is 1.99. The van der Waals surface area contributed by atoms with Gasteiger partial charge in [-0.1, -0.05) is 41.4 Å². The zero-order valence-electron chi connectivity index (χ0n) is 10.7. The Kier molecular flexibility index (Phi) is 5.62. The average Bonchev–Trinajstić information content (AvgIpc) is 2.44. The van der Waals surface area contributed by atoms with Crippen LogP contribution < -0.4 is 4.74 Å². The van der Waals surface area contributed by atoms with Crippen molar-refractivity contribution in [2.75, 3.05) is 6.61 Å². The second-order valence-electron chi connectivity index (χ2n) is 4.29. The van der Waals surface area contributed by atoms with Crippen molar-refractivity contribution in [3.05, 3.63) is 62.3 Å². The summed E-state index contributed by atoms with van der Waals surface area (Å²) in [6, 6.07) is 9.23. The van der Waals surface area contributed by atoms with E-state index in [4.69, 9.17) is 27.9 Å². The second kappa shape index (κ2) is 7.25. The molecule has 2 aromatic rings. The van der Waals surface area contributed by atoms with Crippen LogP contribution in [-0.4, -0.2) is 12.4 Å². The van der Waals surface area contributed by atoms with Gasteiger partial charge in [0.2, 0.25) is 0 Å². The van der Waals surface area contributed by atoms with Gasteiger partial charge in [0.1, 0.15) is 18.2 Å². The van der Waals surface area contributed by atoms with Gasteiger partial charge in [-0.15, -0.1) is 0 Å². The number of rotatable bonds is 5. The molecule has 0 unspecified atom stereocenters. The first-order valence-corrected chi connectivity index (χ1v) is 7.54. The minimum Gasteiger partial charge on any atom is -0.484 e. The molecule has 0 atom stereocenters. The minimum atomic E-state index is -0.407. The van der Waals surface area contributed by atoms with Gasteiger partial charge in [-0.25, -0.2) is 4.39 Å². The van der Waals surface area contributed by atoms with Gasteiger partial charge >= 0.3 is 0 Å². The molecule has 2 aromatic carbocycles. The molecule has 0 aliphatic carbocycles. The van der Waals surface area contributed by atoms with Crippen molar-refractivity contribution in [1.82, 2.24) is 0 Å². The number of Topliss-reactive ketones (excluding diaryl/α,β-unsaturated/α-hetero) is 1. The maximum atomic E-state index is 13.4. The molecule has 6 heteroatoms. The van der Waals surface area contributed by atoms with Gasteiger partial charge in [0.15, 0.2) is 5.78 Å². The molecule has 0 heterocycles. The van der Waals surface area contributed by atoms with E-state index in [0.717, 1.165) is 0 Å². The van der Waals surface area contributed by atoms with Gasteiger partial charge in [0, 0.05) is 17.0 Å². The highest BCUT2D eigenvalue weighted by Gasteiger charge is 2.11. The van der Waals surface area contributed by atoms with E-state index in [1.807, 2.05) is 0 Å². The molecule has 2 nitrogen and oxygen atoms in total. The Morgan fingerprint density at radius 3 is 2.62 bits per heavy atom. The standard InChI is InChI=1S/C15H10BrCl2FO2/c16-11-6-13(18)15(7-12(11)17)21-8-10(20)5-9-3-1-2-4-14(9)19/h1-4,6-7H,5,8H2. The molecule has 0 bridgehead atoms. The van der Waals surface area contributed by atoms with Crippen molar-refractivity contribution in [3.8, 4) is 5.75 Å². The first kappa shape index (κ1) is 16.3. The number of hydrogen-bond donors (Lipinski definition) is 0. The van der Waals surface area contributed by atoms with Crippen LogP contribution in [0.25, 0.3) is 0 Å². The molecule has 0 N–H and O–H groups in total. The number of ketones is 1. The first-order valence-electron chi connectivity index (χ1n) is 6.00. The van der Waals surface area contributed by atoms with Crippen LogP contribution in [0.5, 0.6) is 5.75 Å². The molecule has 0 amide bonds. The maximum Gasteiger partial charge on any atom is 0.174 e. The highest BCUT2D eigenvalue weighted by Crippen LogP contribution is 2.34. The van der Waals surface area contributed by atoms with Gasteiger partial charge < -0.3 is 4.74 Å². The molecule has 0 aromatic heterocycles. The molecule has 21 heavy (non-hydrogen) atoms. The molecule has 0 aliphatic heterocycles. The molecule has 0 fully saturated rings. The summed E-state index contributed by atoms with van der Waals surface area (Å²) in [5.74, 6) is -0.350. The molecule has 2 rings (SSSR count). The third kappa shape index (κ3) is 4.43. The fraction of sp³-hybridized carbons (Fsp3) is 0.133. The number of benzene rings is 2. The van der Waals surface area contributed by atoms with E-state index in [-0.39, 0.29) is 18.8 Å². The monoisotopic (exact) mass is 390 g/mol. The molecule has 110 valence electrons. The number of ether oxygens (including phenoxy) is 1. The van der Waals surface area contributed by atoms with Crippen LogP contribution in [0, 0.1) is 5.82 Å². The summed E-state index contributed by atoms with van der Waals surface area (Å²) in [5.41, 5.74) is 0.339. The van der Waals surface area contributed by atoms with Crippen molar-refractivity contribution < 1.29 is 13.9 Å². The summed E-state index contributed by atoms with van der Waals surface area (Å²) in [5, 5.41) is 0.765. The third-order valence-corrected chi connectivity index (χ3v) is 4.20. The van der Waals surface area contributed by atoms with Gasteiger partial charge in [-0.05, 0) is 33.6 Å². The van der Waals surface area contributed by atoms with Crippen LogP contribution in [0.15, 0.2) is 40.9 Å². The quantitative estimate of drug-likeness (QED) is 0.664. The Morgan fingerprint density at radius 1 is 1.19 bits per heavy atom. The van der Waals surface area contributed by atoms with Crippen LogP contribution >= 0.6 is 39.1 Å². The zero-order valence-corrected chi connectivity index (χ0v) is 13.8. The largest absolute Gasteiger partial charge is 0.484 e. The summed E-state index contributed by atoms with van der Waals surface area (Å²) in [7, 11) is 0. The summed E-state index contributed by atoms with van der Waals surface area (Å²) in [4.78, 5) is 11.8. The lowest BCUT2D eigenvalue weighted by molar-refractivity contribution is -0.120. The fourth-order valence-corrected chi connectivity index (χ4v) is 2.53. The number of halogens is 4. The van der Waals surface area contributed by atoms with E-state index < -0.39 is 5.82 Å². The van der Waals surface area contributed by atoms with E-state index in [1.54, 1.807) is 24.3 Å². The van der Waals surface area contributed by atoms with Crippen molar-refractivity contribution in [1.29, 1.82) is 0 Å². The Labute approximate surface area is 139 Å². The summed E-state index contributed by atoms with van der Waals surface area (Å²) < 4.78 is 19.4. The Morgan fingerprint density at radius 2 is 1.90 bits per heavy atom.